The van der Waals surface area contributed by atoms with E-state index < -0.39 is 0 Å². The van der Waals surface area contributed by atoms with Gasteiger partial charge in [-0.25, -0.2) is 4.68 Å². The Morgan fingerprint density at radius 2 is 1.63 bits per heavy atom. The number of anilines is 2. The number of aromatic nitrogens is 2. The van der Waals surface area contributed by atoms with E-state index in [2.05, 4.69) is 10.2 Å². The number of morpholine rings is 1. The van der Waals surface area contributed by atoms with Crippen molar-refractivity contribution in [2.75, 3.05) is 56.7 Å². The van der Waals surface area contributed by atoms with Crippen LogP contribution < -0.4 is 20.5 Å². The van der Waals surface area contributed by atoms with Gasteiger partial charge < -0.3 is 24.6 Å². The lowest BCUT2D eigenvalue weighted by molar-refractivity contribution is -0.133. The molecular weight excluding hydrogens is 546 g/mol. The first-order valence-corrected chi connectivity index (χ1v) is 14.7. The Kier molecular flexibility index (Phi) is 8.37. The van der Waals surface area contributed by atoms with E-state index in [0.29, 0.717) is 78.4 Å². The predicted molar refractivity (Wildman–Crippen MR) is 166 cm³/mol. The van der Waals surface area contributed by atoms with E-state index in [4.69, 9.17) is 14.6 Å². The highest BCUT2D eigenvalue weighted by Gasteiger charge is 2.22. The molecule has 0 spiro atoms. The van der Waals surface area contributed by atoms with E-state index in [0.717, 1.165) is 24.9 Å². The smallest absolute Gasteiger partial charge is 0.275 e. The van der Waals surface area contributed by atoms with Gasteiger partial charge in [0.05, 0.1) is 48.3 Å². The molecule has 2 aliphatic heterocycles. The third-order valence-electron chi connectivity index (χ3n) is 8.08. The van der Waals surface area contributed by atoms with Gasteiger partial charge in [-0.3, -0.25) is 14.4 Å². The van der Waals surface area contributed by atoms with Crippen LogP contribution in [0.15, 0.2) is 71.5 Å². The molecule has 1 N–H and O–H groups in total. The standard InChI is InChI=1S/C33H35N5O5/c1-42-29-12-6-5-11-26(29)32(40)34-27-21-23(13-14-28(27)36-17-19-43-20-18-36)31-24-9-3-4-10-25(24)33(41)38(35-31)22-30(39)37-15-7-2-8-16-37/h3-6,9-14,21H,2,7-8,15-20,22H2,1H3,(H,34,40). The molecule has 222 valence electrons. The molecule has 0 atom stereocenters. The van der Waals surface area contributed by atoms with Gasteiger partial charge in [-0.05, 0) is 49.6 Å². The molecule has 6 rings (SSSR count). The maximum absolute atomic E-state index is 13.5. The first-order valence-electron chi connectivity index (χ1n) is 14.7. The maximum atomic E-state index is 13.5. The second-order valence-electron chi connectivity index (χ2n) is 10.8. The van der Waals surface area contributed by atoms with E-state index in [9.17, 15) is 14.4 Å². The molecule has 3 aromatic carbocycles. The molecule has 10 nitrogen and oxygen atoms in total. The van der Waals surface area contributed by atoms with Crippen LogP contribution in [0.1, 0.15) is 29.6 Å². The number of carbonyl (C=O) groups is 2. The van der Waals surface area contributed by atoms with E-state index >= 15 is 0 Å². The van der Waals surface area contributed by atoms with Crippen LogP contribution in [0.4, 0.5) is 11.4 Å². The molecule has 2 aliphatic rings. The molecule has 2 fully saturated rings. The molecule has 4 aromatic rings. The summed E-state index contributed by atoms with van der Waals surface area (Å²) >= 11 is 0. The number of piperidine rings is 1. The summed E-state index contributed by atoms with van der Waals surface area (Å²) in [5, 5.41) is 9.00. The van der Waals surface area contributed by atoms with Gasteiger partial charge >= 0.3 is 0 Å². The lowest BCUT2D eigenvalue weighted by Crippen LogP contribution is -2.40. The minimum atomic E-state index is -0.306. The number of hydrogen-bond donors (Lipinski definition) is 1. The van der Waals surface area contributed by atoms with Gasteiger partial charge in [-0.2, -0.15) is 5.10 Å². The third-order valence-corrected chi connectivity index (χ3v) is 8.08. The van der Waals surface area contributed by atoms with Crippen molar-refractivity contribution in [3.63, 3.8) is 0 Å². The third kappa shape index (κ3) is 5.96. The molecule has 10 heteroatoms. The number of methoxy groups -OCH3 is 1. The first kappa shape index (κ1) is 28.4. The number of likely N-dealkylation sites (tertiary alicyclic amines) is 1. The van der Waals surface area contributed by atoms with E-state index in [1.807, 2.05) is 47.4 Å². The summed E-state index contributed by atoms with van der Waals surface area (Å²) in [6.07, 6.45) is 3.05. The second kappa shape index (κ2) is 12.7. The second-order valence-corrected chi connectivity index (χ2v) is 10.8. The summed E-state index contributed by atoms with van der Waals surface area (Å²) in [6, 6.07) is 20.2. The van der Waals surface area contributed by atoms with Crippen molar-refractivity contribution in [3.8, 4) is 17.0 Å². The highest BCUT2D eigenvalue weighted by Crippen LogP contribution is 2.34. The normalized spacial score (nSPS) is 15.4. The number of rotatable bonds is 7. The summed E-state index contributed by atoms with van der Waals surface area (Å²) in [6.45, 7) is 3.81. The maximum Gasteiger partial charge on any atom is 0.275 e. The number of ether oxygens (including phenoxy) is 2. The first-order chi connectivity index (χ1) is 21.0. The van der Waals surface area contributed by atoms with Crippen LogP contribution in [0.2, 0.25) is 0 Å². The zero-order valence-electron chi connectivity index (χ0n) is 24.3. The van der Waals surface area contributed by atoms with Crippen molar-refractivity contribution in [1.29, 1.82) is 0 Å². The number of carbonyl (C=O) groups excluding carboxylic acids is 2. The fraction of sp³-hybridized carbons (Fsp3) is 0.333. The van der Waals surface area contributed by atoms with Gasteiger partial charge in [0.1, 0.15) is 12.3 Å². The SMILES string of the molecule is COc1ccccc1C(=O)Nc1cc(-c2nn(CC(=O)N3CCCCC3)c(=O)c3ccccc23)ccc1N1CCOCC1. The highest BCUT2D eigenvalue weighted by atomic mass is 16.5. The van der Waals surface area contributed by atoms with Crippen LogP contribution in [-0.2, 0) is 16.1 Å². The summed E-state index contributed by atoms with van der Waals surface area (Å²) in [5.74, 6) is 0.0594. The van der Waals surface area contributed by atoms with Crippen molar-refractivity contribution in [1.82, 2.24) is 14.7 Å². The highest BCUT2D eigenvalue weighted by molar-refractivity contribution is 6.08. The molecule has 0 saturated carbocycles. The summed E-state index contributed by atoms with van der Waals surface area (Å²) in [5.41, 5.74) is 2.83. The molecule has 2 saturated heterocycles. The Morgan fingerprint density at radius 1 is 0.907 bits per heavy atom. The average molecular weight is 582 g/mol. The monoisotopic (exact) mass is 581 g/mol. The van der Waals surface area contributed by atoms with Crippen molar-refractivity contribution in [3.05, 3.63) is 82.6 Å². The summed E-state index contributed by atoms with van der Waals surface area (Å²) in [7, 11) is 1.54. The van der Waals surface area contributed by atoms with Gasteiger partial charge in [0, 0.05) is 37.1 Å². The summed E-state index contributed by atoms with van der Waals surface area (Å²) in [4.78, 5) is 44.1. The number of benzene rings is 3. The lowest BCUT2D eigenvalue weighted by atomic mass is 10.0. The topological polar surface area (TPSA) is 106 Å². The number of nitrogens with one attached hydrogen (secondary N) is 1. The van der Waals surface area contributed by atoms with Crippen LogP contribution in [-0.4, -0.2) is 73.0 Å². The van der Waals surface area contributed by atoms with Crippen LogP contribution in [0.3, 0.4) is 0 Å². The van der Waals surface area contributed by atoms with Gasteiger partial charge in [0.25, 0.3) is 11.5 Å². The van der Waals surface area contributed by atoms with E-state index in [1.54, 1.807) is 24.3 Å². The average Bonchev–Trinajstić information content (AvgIpc) is 3.06. The molecule has 43 heavy (non-hydrogen) atoms. The quantitative estimate of drug-likeness (QED) is 0.349. The molecule has 0 aliphatic carbocycles. The number of fused-ring (bicyclic) bond motifs is 1. The van der Waals surface area contributed by atoms with Gasteiger partial charge in [-0.15, -0.1) is 0 Å². The van der Waals surface area contributed by atoms with Crippen molar-refractivity contribution < 1.29 is 19.1 Å². The van der Waals surface area contributed by atoms with Gasteiger partial charge in [-0.1, -0.05) is 36.4 Å². The molecule has 0 unspecified atom stereocenters. The Balaban J connectivity index is 1.43. The largest absolute Gasteiger partial charge is 0.496 e. The zero-order valence-corrected chi connectivity index (χ0v) is 24.3. The van der Waals surface area contributed by atoms with Crippen LogP contribution >= 0.6 is 0 Å². The van der Waals surface area contributed by atoms with Crippen LogP contribution in [0.25, 0.3) is 22.0 Å². The summed E-state index contributed by atoms with van der Waals surface area (Å²) < 4.78 is 12.3. The Hall–Kier alpha value is -4.70. The minimum Gasteiger partial charge on any atom is -0.496 e. The van der Waals surface area contributed by atoms with Crippen molar-refractivity contribution in [2.24, 2.45) is 0 Å². The molecule has 3 heterocycles. The fourth-order valence-corrected chi connectivity index (χ4v) is 5.81. The van der Waals surface area contributed by atoms with Crippen molar-refractivity contribution in [2.45, 2.75) is 25.8 Å². The van der Waals surface area contributed by atoms with Gasteiger partial charge in [0.2, 0.25) is 5.91 Å². The molecule has 0 bridgehead atoms. The molecule has 0 radical (unpaired) electrons. The number of amides is 2. The lowest BCUT2D eigenvalue weighted by Gasteiger charge is -2.31. The molecule has 1 aromatic heterocycles. The minimum absolute atomic E-state index is 0.108. The number of nitrogens with zero attached hydrogens (tertiary/aromatic N) is 4. The number of para-hydroxylation sites is 1. The zero-order chi connectivity index (χ0) is 29.8. The molecule has 2 amide bonds. The number of hydrogen-bond acceptors (Lipinski definition) is 7. The van der Waals surface area contributed by atoms with Gasteiger partial charge in [0.15, 0.2) is 0 Å². The van der Waals surface area contributed by atoms with Crippen LogP contribution in [0, 0.1) is 0 Å². The van der Waals surface area contributed by atoms with E-state index in [1.165, 1.54) is 11.8 Å². The van der Waals surface area contributed by atoms with Crippen LogP contribution in [0.5, 0.6) is 5.75 Å². The molecular formula is C33H35N5O5. The van der Waals surface area contributed by atoms with E-state index in [-0.39, 0.29) is 23.9 Å². The Bertz CT molecular complexity index is 1710. The fourth-order valence-electron chi connectivity index (χ4n) is 5.81. The predicted octanol–water partition coefficient (Wildman–Crippen LogP) is 4.17. The van der Waals surface area contributed by atoms with Crippen molar-refractivity contribution >= 4 is 34.0 Å². The Labute approximate surface area is 249 Å². The Morgan fingerprint density at radius 3 is 2.40 bits per heavy atom.